The van der Waals surface area contributed by atoms with Gasteiger partial charge in [-0.1, -0.05) is 11.8 Å². The summed E-state index contributed by atoms with van der Waals surface area (Å²) in [6.45, 7) is 0.700. The smallest absolute Gasteiger partial charge is 0.137 e. The lowest BCUT2D eigenvalue weighted by Gasteiger charge is -1.90. The van der Waals surface area contributed by atoms with Crippen LogP contribution in [-0.2, 0) is 0 Å². The molecule has 0 spiro atoms. The summed E-state index contributed by atoms with van der Waals surface area (Å²) in [4.78, 5) is 7.28. The molecular formula is C11H11N3. The molecular weight excluding hydrogens is 174 g/mol. The van der Waals surface area contributed by atoms with Crippen LogP contribution in [-0.4, -0.2) is 23.6 Å². The molecule has 2 rings (SSSR count). The van der Waals surface area contributed by atoms with E-state index >= 15 is 0 Å². The van der Waals surface area contributed by atoms with Gasteiger partial charge in [0.05, 0.1) is 6.54 Å². The third-order valence-electron chi connectivity index (χ3n) is 1.90. The van der Waals surface area contributed by atoms with Gasteiger partial charge in [-0.05, 0) is 19.2 Å². The van der Waals surface area contributed by atoms with E-state index in [2.05, 4.69) is 27.1 Å². The number of hydrogen-bond acceptors (Lipinski definition) is 2. The molecule has 0 saturated carbocycles. The van der Waals surface area contributed by atoms with Gasteiger partial charge in [-0.15, -0.1) is 0 Å². The zero-order valence-electron chi connectivity index (χ0n) is 7.96. The van der Waals surface area contributed by atoms with Crippen molar-refractivity contribution in [1.29, 1.82) is 0 Å². The Morgan fingerprint density at radius 2 is 2.50 bits per heavy atom. The molecule has 0 radical (unpaired) electrons. The van der Waals surface area contributed by atoms with Gasteiger partial charge < -0.3 is 10.3 Å². The largest absolute Gasteiger partial charge is 0.346 e. The molecule has 0 aromatic carbocycles. The lowest BCUT2D eigenvalue weighted by Crippen LogP contribution is -2.04. The first-order valence-electron chi connectivity index (χ1n) is 4.47. The average molecular weight is 185 g/mol. The van der Waals surface area contributed by atoms with Crippen LogP contribution in [0.5, 0.6) is 0 Å². The second-order valence-corrected chi connectivity index (χ2v) is 2.97. The second-order valence-electron chi connectivity index (χ2n) is 2.97. The summed E-state index contributed by atoms with van der Waals surface area (Å²) in [6, 6.07) is 4.02. The standard InChI is InChI=1S/C11H11N3/c1-12-5-2-3-9-7-10-4-6-13-11(10)14-8-9/h4,6-8,12H,5H2,1H3,(H,13,14). The molecule has 2 aromatic rings. The monoisotopic (exact) mass is 185 g/mol. The third-order valence-corrected chi connectivity index (χ3v) is 1.90. The third kappa shape index (κ3) is 1.76. The van der Waals surface area contributed by atoms with Crippen LogP contribution in [0.4, 0.5) is 0 Å². The highest BCUT2D eigenvalue weighted by Gasteiger charge is 1.94. The van der Waals surface area contributed by atoms with Crippen molar-refractivity contribution in [3.63, 3.8) is 0 Å². The SMILES string of the molecule is CNCC#Cc1cnc2[nH]ccc2c1. The van der Waals surface area contributed by atoms with E-state index in [4.69, 9.17) is 0 Å². The van der Waals surface area contributed by atoms with Gasteiger partial charge in [-0.2, -0.15) is 0 Å². The van der Waals surface area contributed by atoms with Crippen LogP contribution in [0.2, 0.25) is 0 Å². The van der Waals surface area contributed by atoms with Gasteiger partial charge in [-0.3, -0.25) is 0 Å². The van der Waals surface area contributed by atoms with Gasteiger partial charge in [0.15, 0.2) is 0 Å². The maximum absolute atomic E-state index is 4.24. The normalized spacial score (nSPS) is 9.79. The van der Waals surface area contributed by atoms with Gasteiger partial charge in [-0.25, -0.2) is 4.98 Å². The van der Waals surface area contributed by atoms with E-state index in [1.54, 1.807) is 6.20 Å². The van der Waals surface area contributed by atoms with Crippen LogP contribution >= 0.6 is 0 Å². The average Bonchev–Trinajstić information content (AvgIpc) is 2.65. The lowest BCUT2D eigenvalue weighted by molar-refractivity contribution is 0.938. The predicted octanol–water partition coefficient (Wildman–Crippen LogP) is 1.13. The first-order chi connectivity index (χ1) is 6.90. The van der Waals surface area contributed by atoms with Gasteiger partial charge in [0.25, 0.3) is 0 Å². The van der Waals surface area contributed by atoms with Crippen molar-refractivity contribution in [3.8, 4) is 11.8 Å². The van der Waals surface area contributed by atoms with Gasteiger partial charge in [0, 0.05) is 23.3 Å². The van der Waals surface area contributed by atoms with E-state index in [-0.39, 0.29) is 0 Å². The van der Waals surface area contributed by atoms with Crippen molar-refractivity contribution >= 4 is 11.0 Å². The maximum Gasteiger partial charge on any atom is 0.137 e. The Hall–Kier alpha value is -1.79. The van der Waals surface area contributed by atoms with Crippen molar-refractivity contribution in [2.75, 3.05) is 13.6 Å². The number of hydrogen-bond donors (Lipinski definition) is 2. The molecule has 0 bridgehead atoms. The molecule has 14 heavy (non-hydrogen) atoms. The van der Waals surface area contributed by atoms with Gasteiger partial charge in [0.2, 0.25) is 0 Å². The van der Waals surface area contributed by atoms with Crippen molar-refractivity contribution in [3.05, 3.63) is 30.1 Å². The summed E-state index contributed by atoms with van der Waals surface area (Å²) in [5.74, 6) is 6.04. The van der Waals surface area contributed by atoms with Crippen LogP contribution < -0.4 is 5.32 Å². The van der Waals surface area contributed by atoms with Crippen molar-refractivity contribution < 1.29 is 0 Å². The number of H-pyrrole nitrogens is 1. The molecule has 0 aliphatic rings. The van der Waals surface area contributed by atoms with Crippen LogP contribution in [0.1, 0.15) is 5.56 Å². The Kier molecular flexibility index (Phi) is 2.48. The second kappa shape index (κ2) is 3.95. The Balaban J connectivity index is 2.31. The van der Waals surface area contributed by atoms with Crippen LogP contribution in [0.15, 0.2) is 24.5 Å². The zero-order valence-corrected chi connectivity index (χ0v) is 7.96. The number of rotatable bonds is 1. The van der Waals surface area contributed by atoms with E-state index in [9.17, 15) is 0 Å². The molecule has 3 nitrogen and oxygen atoms in total. The number of nitrogens with zero attached hydrogens (tertiary/aromatic N) is 1. The van der Waals surface area contributed by atoms with Crippen LogP contribution in [0.25, 0.3) is 11.0 Å². The molecule has 0 unspecified atom stereocenters. The first-order valence-corrected chi connectivity index (χ1v) is 4.47. The molecule has 2 heterocycles. The van der Waals surface area contributed by atoms with Gasteiger partial charge in [0.1, 0.15) is 5.65 Å². The quantitative estimate of drug-likeness (QED) is 0.654. The molecule has 0 fully saturated rings. The summed E-state index contributed by atoms with van der Waals surface area (Å²) in [7, 11) is 1.88. The Bertz CT molecular complexity index is 488. The minimum Gasteiger partial charge on any atom is -0.346 e. The number of aromatic nitrogens is 2. The fraction of sp³-hybridized carbons (Fsp3) is 0.182. The van der Waals surface area contributed by atoms with Crippen molar-refractivity contribution in [1.82, 2.24) is 15.3 Å². The summed E-state index contributed by atoms with van der Waals surface area (Å²) in [6.07, 6.45) is 3.66. The minimum absolute atomic E-state index is 0.700. The topological polar surface area (TPSA) is 40.7 Å². The summed E-state index contributed by atoms with van der Waals surface area (Å²) in [5, 5.41) is 4.07. The molecule has 0 atom stereocenters. The van der Waals surface area contributed by atoms with E-state index in [0.29, 0.717) is 6.54 Å². The number of aromatic amines is 1. The number of pyridine rings is 1. The maximum atomic E-state index is 4.24. The summed E-state index contributed by atoms with van der Waals surface area (Å²) < 4.78 is 0. The molecule has 0 aliphatic heterocycles. The predicted molar refractivity (Wildman–Crippen MR) is 56.9 cm³/mol. The molecule has 0 amide bonds. The summed E-state index contributed by atoms with van der Waals surface area (Å²) >= 11 is 0. The molecule has 0 saturated heterocycles. The fourth-order valence-electron chi connectivity index (χ4n) is 1.24. The molecule has 3 heteroatoms. The van der Waals surface area contributed by atoms with E-state index in [1.165, 1.54) is 0 Å². The van der Waals surface area contributed by atoms with E-state index in [1.807, 2.05) is 25.4 Å². The molecule has 0 aliphatic carbocycles. The van der Waals surface area contributed by atoms with Crippen LogP contribution in [0, 0.1) is 11.8 Å². The van der Waals surface area contributed by atoms with E-state index < -0.39 is 0 Å². The Labute approximate surface area is 82.6 Å². The van der Waals surface area contributed by atoms with Crippen molar-refractivity contribution in [2.24, 2.45) is 0 Å². The van der Waals surface area contributed by atoms with Crippen LogP contribution in [0.3, 0.4) is 0 Å². The highest BCUT2D eigenvalue weighted by atomic mass is 14.8. The van der Waals surface area contributed by atoms with E-state index in [0.717, 1.165) is 16.6 Å². The molecule has 70 valence electrons. The Morgan fingerprint density at radius 1 is 1.57 bits per heavy atom. The minimum atomic E-state index is 0.700. The first kappa shape index (κ1) is 8.79. The molecule has 2 aromatic heterocycles. The number of fused-ring (bicyclic) bond motifs is 1. The highest BCUT2D eigenvalue weighted by Crippen LogP contribution is 2.09. The zero-order chi connectivity index (χ0) is 9.80. The fourth-order valence-corrected chi connectivity index (χ4v) is 1.24. The number of nitrogens with one attached hydrogen (secondary N) is 2. The van der Waals surface area contributed by atoms with Crippen molar-refractivity contribution in [2.45, 2.75) is 0 Å². The highest BCUT2D eigenvalue weighted by molar-refractivity contribution is 5.76. The summed E-state index contributed by atoms with van der Waals surface area (Å²) in [5.41, 5.74) is 1.86. The van der Waals surface area contributed by atoms with Gasteiger partial charge >= 0.3 is 0 Å². The lowest BCUT2D eigenvalue weighted by atomic mass is 10.2. The Morgan fingerprint density at radius 3 is 3.36 bits per heavy atom. The molecule has 2 N–H and O–H groups in total.